The van der Waals surface area contributed by atoms with Gasteiger partial charge in [0.25, 0.3) is 5.91 Å². The number of amides is 1. The van der Waals surface area contributed by atoms with E-state index in [1.54, 1.807) is 24.4 Å². The average Bonchev–Trinajstić information content (AvgIpc) is 2.69. The van der Waals surface area contributed by atoms with Crippen molar-refractivity contribution < 1.29 is 14.3 Å². The van der Waals surface area contributed by atoms with Gasteiger partial charge in [0.1, 0.15) is 5.69 Å². The second-order valence-electron chi connectivity index (χ2n) is 5.75. The number of aromatic nitrogens is 1. The lowest BCUT2D eigenvalue weighted by atomic mass is 10.1. The summed E-state index contributed by atoms with van der Waals surface area (Å²) < 4.78 is 11.1. The number of carbonyl (C=O) groups is 1. The van der Waals surface area contributed by atoms with Crippen LogP contribution in [0.3, 0.4) is 0 Å². The Hall–Kier alpha value is -3.41. The molecule has 1 amide bonds. The van der Waals surface area contributed by atoms with Crippen molar-refractivity contribution in [3.8, 4) is 11.5 Å². The Bertz CT molecular complexity index is 999. The average molecular weight is 363 g/mol. The Morgan fingerprint density at radius 2 is 1.70 bits per heavy atom. The van der Waals surface area contributed by atoms with Crippen LogP contribution in [0.2, 0.25) is 0 Å². The van der Waals surface area contributed by atoms with Crippen LogP contribution in [-0.4, -0.2) is 29.9 Å². The van der Waals surface area contributed by atoms with E-state index in [4.69, 9.17) is 15.2 Å². The van der Waals surface area contributed by atoms with E-state index in [-0.39, 0.29) is 5.84 Å². The standard InChI is InChI=1S/C21H21N3O3/c1-3-26-18-10-9-15(12-19(18)27-4-2)21(25)24-20(22)17-11-14-7-5-6-8-16(14)13-23-17/h5-13H,3-4H2,1-2H3,(H2,22,24,25). The molecule has 2 N–H and O–H groups in total. The zero-order valence-electron chi connectivity index (χ0n) is 15.3. The molecule has 0 bridgehead atoms. The summed E-state index contributed by atoms with van der Waals surface area (Å²) in [5.41, 5.74) is 6.83. The number of pyridine rings is 1. The molecule has 0 spiro atoms. The van der Waals surface area contributed by atoms with E-state index in [1.165, 1.54) is 0 Å². The fourth-order valence-corrected chi connectivity index (χ4v) is 2.64. The molecule has 0 fully saturated rings. The van der Waals surface area contributed by atoms with Gasteiger partial charge < -0.3 is 15.2 Å². The number of aliphatic imine (C=N–C) groups is 1. The van der Waals surface area contributed by atoms with Gasteiger partial charge in [0.05, 0.1) is 13.2 Å². The third kappa shape index (κ3) is 4.23. The van der Waals surface area contributed by atoms with Gasteiger partial charge >= 0.3 is 0 Å². The molecule has 1 aromatic heterocycles. The smallest absolute Gasteiger partial charge is 0.279 e. The third-order valence-corrected chi connectivity index (χ3v) is 3.91. The highest BCUT2D eigenvalue weighted by molar-refractivity contribution is 6.09. The number of ether oxygens (including phenoxy) is 2. The molecule has 0 aliphatic rings. The van der Waals surface area contributed by atoms with Gasteiger partial charge in [-0.05, 0) is 43.5 Å². The molecule has 6 nitrogen and oxygen atoms in total. The highest BCUT2D eigenvalue weighted by atomic mass is 16.5. The summed E-state index contributed by atoms with van der Waals surface area (Å²) in [7, 11) is 0. The lowest BCUT2D eigenvalue weighted by Gasteiger charge is -2.11. The molecular weight excluding hydrogens is 342 g/mol. The monoisotopic (exact) mass is 363 g/mol. The minimum absolute atomic E-state index is 0.0672. The van der Waals surface area contributed by atoms with Gasteiger partial charge in [-0.3, -0.25) is 9.78 Å². The van der Waals surface area contributed by atoms with Crippen LogP contribution in [0.4, 0.5) is 0 Å². The van der Waals surface area contributed by atoms with Crippen LogP contribution in [0, 0.1) is 0 Å². The van der Waals surface area contributed by atoms with Crippen molar-refractivity contribution in [2.75, 3.05) is 13.2 Å². The van der Waals surface area contributed by atoms with Gasteiger partial charge in [0.2, 0.25) is 0 Å². The van der Waals surface area contributed by atoms with E-state index in [1.807, 2.05) is 44.2 Å². The maximum atomic E-state index is 12.5. The maximum Gasteiger partial charge on any atom is 0.279 e. The third-order valence-electron chi connectivity index (χ3n) is 3.91. The number of fused-ring (bicyclic) bond motifs is 1. The number of benzene rings is 2. The summed E-state index contributed by atoms with van der Waals surface area (Å²) in [6, 6.07) is 14.5. The van der Waals surface area contributed by atoms with Crippen molar-refractivity contribution in [2.24, 2.45) is 10.7 Å². The number of amidine groups is 1. The maximum absolute atomic E-state index is 12.5. The predicted molar refractivity (Wildman–Crippen MR) is 106 cm³/mol. The molecule has 0 saturated heterocycles. The van der Waals surface area contributed by atoms with Crippen LogP contribution < -0.4 is 15.2 Å². The molecule has 1 heterocycles. The Morgan fingerprint density at radius 1 is 1.00 bits per heavy atom. The van der Waals surface area contributed by atoms with Crippen molar-refractivity contribution in [3.05, 3.63) is 66.0 Å². The molecule has 138 valence electrons. The van der Waals surface area contributed by atoms with Crippen LogP contribution >= 0.6 is 0 Å². The Kier molecular flexibility index (Phi) is 5.66. The van der Waals surface area contributed by atoms with Gasteiger partial charge in [0.15, 0.2) is 17.3 Å². The number of nitrogens with two attached hydrogens (primary N) is 1. The first kappa shape index (κ1) is 18.4. The molecule has 2 aromatic carbocycles. The molecule has 0 aliphatic heterocycles. The van der Waals surface area contributed by atoms with E-state index in [0.717, 1.165) is 10.8 Å². The summed E-state index contributed by atoms with van der Waals surface area (Å²) >= 11 is 0. The van der Waals surface area contributed by atoms with Crippen LogP contribution in [0.15, 0.2) is 59.7 Å². The number of nitrogens with zero attached hydrogens (tertiary/aromatic N) is 2. The normalized spacial score (nSPS) is 11.4. The number of rotatable bonds is 6. The van der Waals surface area contributed by atoms with Gasteiger partial charge in [-0.15, -0.1) is 0 Å². The zero-order chi connectivity index (χ0) is 19.2. The zero-order valence-corrected chi connectivity index (χ0v) is 15.3. The first-order chi connectivity index (χ1) is 13.1. The molecule has 0 aliphatic carbocycles. The molecule has 0 radical (unpaired) electrons. The highest BCUT2D eigenvalue weighted by Crippen LogP contribution is 2.28. The number of carbonyl (C=O) groups excluding carboxylic acids is 1. The van der Waals surface area contributed by atoms with E-state index >= 15 is 0 Å². The molecule has 0 unspecified atom stereocenters. The summed E-state index contributed by atoms with van der Waals surface area (Å²) in [6.07, 6.45) is 1.71. The van der Waals surface area contributed by atoms with E-state index in [9.17, 15) is 4.79 Å². The quantitative estimate of drug-likeness (QED) is 0.534. The summed E-state index contributed by atoms with van der Waals surface area (Å²) in [6.45, 7) is 4.72. The Morgan fingerprint density at radius 3 is 2.44 bits per heavy atom. The van der Waals surface area contributed by atoms with Crippen molar-refractivity contribution in [1.29, 1.82) is 0 Å². The first-order valence-electron chi connectivity index (χ1n) is 8.75. The molecule has 0 atom stereocenters. The molecular formula is C21H21N3O3. The van der Waals surface area contributed by atoms with Crippen molar-refractivity contribution in [1.82, 2.24) is 4.98 Å². The molecule has 0 saturated carbocycles. The molecule has 27 heavy (non-hydrogen) atoms. The molecule has 6 heteroatoms. The van der Waals surface area contributed by atoms with Crippen molar-refractivity contribution in [2.45, 2.75) is 13.8 Å². The van der Waals surface area contributed by atoms with Gasteiger partial charge in [-0.25, -0.2) is 0 Å². The topological polar surface area (TPSA) is 86.8 Å². The lowest BCUT2D eigenvalue weighted by molar-refractivity contribution is 0.100. The van der Waals surface area contributed by atoms with E-state index < -0.39 is 5.91 Å². The van der Waals surface area contributed by atoms with Crippen LogP contribution in [0.1, 0.15) is 29.9 Å². The van der Waals surface area contributed by atoms with Crippen molar-refractivity contribution in [3.63, 3.8) is 0 Å². The summed E-state index contributed by atoms with van der Waals surface area (Å²) in [5.74, 6) is 0.691. The van der Waals surface area contributed by atoms with Gasteiger partial charge in [0, 0.05) is 17.1 Å². The summed E-state index contributed by atoms with van der Waals surface area (Å²) in [5, 5.41) is 1.97. The SMILES string of the molecule is CCOc1ccc(C(=O)N=C(N)c2cc3ccccc3cn2)cc1OCC. The second kappa shape index (κ2) is 8.31. The highest BCUT2D eigenvalue weighted by Gasteiger charge is 2.12. The van der Waals surface area contributed by atoms with Crippen LogP contribution in [0.5, 0.6) is 11.5 Å². The second-order valence-corrected chi connectivity index (χ2v) is 5.75. The van der Waals surface area contributed by atoms with Gasteiger partial charge in [-0.2, -0.15) is 4.99 Å². The Balaban J connectivity index is 1.88. The van der Waals surface area contributed by atoms with E-state index in [0.29, 0.717) is 36.0 Å². The fraction of sp³-hybridized carbons (Fsp3) is 0.190. The number of hydrogen-bond donors (Lipinski definition) is 1. The van der Waals surface area contributed by atoms with Crippen LogP contribution in [0.25, 0.3) is 10.8 Å². The van der Waals surface area contributed by atoms with Crippen molar-refractivity contribution >= 4 is 22.5 Å². The fourth-order valence-electron chi connectivity index (χ4n) is 2.64. The molecule has 3 aromatic rings. The predicted octanol–water partition coefficient (Wildman–Crippen LogP) is 3.58. The first-order valence-corrected chi connectivity index (χ1v) is 8.75. The number of hydrogen-bond acceptors (Lipinski definition) is 4. The minimum Gasteiger partial charge on any atom is -0.490 e. The lowest BCUT2D eigenvalue weighted by Crippen LogP contribution is -2.17. The Labute approximate surface area is 157 Å². The molecule has 3 rings (SSSR count). The van der Waals surface area contributed by atoms with E-state index in [2.05, 4.69) is 9.98 Å². The summed E-state index contributed by atoms with van der Waals surface area (Å²) in [4.78, 5) is 20.8. The van der Waals surface area contributed by atoms with Gasteiger partial charge in [-0.1, -0.05) is 24.3 Å². The van der Waals surface area contributed by atoms with Crippen LogP contribution in [-0.2, 0) is 0 Å². The largest absolute Gasteiger partial charge is 0.490 e. The minimum atomic E-state index is -0.466.